The van der Waals surface area contributed by atoms with Crippen LogP contribution in [0.5, 0.6) is 0 Å². The van der Waals surface area contributed by atoms with Gasteiger partial charge < -0.3 is 5.32 Å². The minimum Gasteiger partial charge on any atom is -0.308 e. The smallest absolute Gasteiger partial charge is 0.244 e. The van der Waals surface area contributed by atoms with Gasteiger partial charge in [-0.1, -0.05) is 0 Å². The molecule has 0 radical (unpaired) electrons. The molecule has 8 heteroatoms. The highest BCUT2D eigenvalue weighted by atomic mass is 32.2. The second-order valence-corrected chi connectivity index (χ2v) is 8.62. The number of aromatic amines is 1. The van der Waals surface area contributed by atoms with E-state index in [1.54, 1.807) is 6.92 Å². The molecular weight excluding hydrogens is 308 g/mol. The van der Waals surface area contributed by atoms with Crippen molar-refractivity contribution in [1.82, 2.24) is 20.2 Å². The molecule has 0 bridgehead atoms. The molecule has 3 rings (SSSR count). The van der Waals surface area contributed by atoms with E-state index in [9.17, 15) is 8.42 Å². The Bertz CT molecular complexity index is 589. The van der Waals surface area contributed by atoms with E-state index >= 15 is 0 Å². The summed E-state index contributed by atoms with van der Waals surface area (Å²) >= 11 is 1.81. The van der Waals surface area contributed by atoms with Gasteiger partial charge in [0.2, 0.25) is 10.0 Å². The van der Waals surface area contributed by atoms with E-state index in [1.807, 2.05) is 11.8 Å². The predicted molar refractivity (Wildman–Crippen MR) is 83.9 cm³/mol. The van der Waals surface area contributed by atoms with Gasteiger partial charge in [-0.2, -0.15) is 16.9 Å². The zero-order chi connectivity index (χ0) is 14.9. The minimum absolute atomic E-state index is 0.0345. The Hall–Kier alpha value is -0.570. The Balaban J connectivity index is 1.74. The Morgan fingerprint density at radius 3 is 2.81 bits per heavy atom. The number of thioether (sulfide) groups is 1. The standard InChI is InChI=1S/C13H22N4O2S2/c1-9-13(12(16-15-9)7-14-10-4-5-10)21(18,19)17-11-3-2-6-20-8-11/h10-11,14,17H,2-8H2,1H3,(H,15,16). The van der Waals surface area contributed by atoms with Crippen molar-refractivity contribution in [1.29, 1.82) is 0 Å². The lowest BCUT2D eigenvalue weighted by atomic mass is 10.2. The van der Waals surface area contributed by atoms with Crippen LogP contribution >= 0.6 is 11.8 Å². The molecule has 1 saturated carbocycles. The first-order chi connectivity index (χ1) is 10.1. The number of aromatic nitrogens is 2. The van der Waals surface area contributed by atoms with E-state index in [4.69, 9.17) is 0 Å². The third-order valence-electron chi connectivity index (χ3n) is 3.85. The van der Waals surface area contributed by atoms with Gasteiger partial charge in [0.1, 0.15) is 4.90 Å². The topological polar surface area (TPSA) is 86.9 Å². The number of sulfonamides is 1. The summed E-state index contributed by atoms with van der Waals surface area (Å²) in [7, 11) is -3.50. The molecule has 21 heavy (non-hydrogen) atoms. The number of nitrogens with zero attached hydrogens (tertiary/aromatic N) is 1. The summed E-state index contributed by atoms with van der Waals surface area (Å²) in [6.45, 7) is 2.27. The SMILES string of the molecule is Cc1[nH]nc(CNC2CC2)c1S(=O)(=O)NC1CCCSC1. The highest BCUT2D eigenvalue weighted by Crippen LogP contribution is 2.24. The molecule has 2 fully saturated rings. The summed E-state index contributed by atoms with van der Waals surface area (Å²) in [4.78, 5) is 0.325. The van der Waals surface area contributed by atoms with Gasteiger partial charge in [-0.05, 0) is 38.4 Å². The van der Waals surface area contributed by atoms with Crippen molar-refractivity contribution >= 4 is 21.8 Å². The van der Waals surface area contributed by atoms with E-state index in [-0.39, 0.29) is 6.04 Å². The summed E-state index contributed by atoms with van der Waals surface area (Å²) in [5.74, 6) is 1.98. The second kappa shape index (κ2) is 6.28. The van der Waals surface area contributed by atoms with Crippen molar-refractivity contribution in [2.45, 2.75) is 56.1 Å². The summed E-state index contributed by atoms with van der Waals surface area (Å²) < 4.78 is 28.2. The zero-order valence-electron chi connectivity index (χ0n) is 12.2. The van der Waals surface area contributed by atoms with Crippen LogP contribution in [0.4, 0.5) is 0 Å². The highest BCUT2D eigenvalue weighted by Gasteiger charge is 2.29. The fourth-order valence-corrected chi connectivity index (χ4v) is 5.40. The molecule has 0 aromatic carbocycles. The molecule has 118 valence electrons. The number of hydrogen-bond acceptors (Lipinski definition) is 5. The average molecular weight is 330 g/mol. The molecule has 3 N–H and O–H groups in total. The first kappa shape index (κ1) is 15.3. The van der Waals surface area contributed by atoms with Crippen molar-refractivity contribution in [3.63, 3.8) is 0 Å². The van der Waals surface area contributed by atoms with Crippen LogP contribution in [0.15, 0.2) is 4.90 Å². The molecule has 1 atom stereocenters. The fourth-order valence-electron chi connectivity index (χ4n) is 2.59. The van der Waals surface area contributed by atoms with Crippen LogP contribution in [0.1, 0.15) is 37.1 Å². The Labute approximate surface area is 129 Å². The monoisotopic (exact) mass is 330 g/mol. The summed E-state index contributed by atoms with van der Waals surface area (Å²) in [5, 5.41) is 10.3. The molecule has 0 spiro atoms. The normalized spacial score (nSPS) is 23.4. The van der Waals surface area contributed by atoms with Crippen LogP contribution in [-0.4, -0.2) is 42.2 Å². The molecule has 6 nitrogen and oxygen atoms in total. The Kier molecular flexibility index (Phi) is 4.58. The predicted octanol–water partition coefficient (Wildman–Crippen LogP) is 1.14. The maximum absolute atomic E-state index is 12.7. The first-order valence-electron chi connectivity index (χ1n) is 7.43. The number of nitrogens with one attached hydrogen (secondary N) is 3. The maximum Gasteiger partial charge on any atom is 0.244 e. The quantitative estimate of drug-likeness (QED) is 0.728. The summed E-state index contributed by atoms with van der Waals surface area (Å²) in [6.07, 6.45) is 4.32. The van der Waals surface area contributed by atoms with Crippen LogP contribution in [0.25, 0.3) is 0 Å². The number of H-pyrrole nitrogens is 1. The van der Waals surface area contributed by atoms with Gasteiger partial charge in [-0.3, -0.25) is 5.10 Å². The zero-order valence-corrected chi connectivity index (χ0v) is 13.8. The molecule has 1 unspecified atom stereocenters. The average Bonchev–Trinajstić information content (AvgIpc) is 3.19. The van der Waals surface area contributed by atoms with Gasteiger partial charge in [-0.15, -0.1) is 0 Å². The van der Waals surface area contributed by atoms with Gasteiger partial charge >= 0.3 is 0 Å². The van der Waals surface area contributed by atoms with Crippen molar-refractivity contribution in [2.24, 2.45) is 0 Å². The van der Waals surface area contributed by atoms with Gasteiger partial charge in [0.25, 0.3) is 0 Å². The Morgan fingerprint density at radius 2 is 2.14 bits per heavy atom. The molecule has 1 aliphatic heterocycles. The molecular formula is C13H22N4O2S2. The molecule has 2 heterocycles. The lowest BCUT2D eigenvalue weighted by molar-refractivity contribution is 0.540. The van der Waals surface area contributed by atoms with Crippen molar-refractivity contribution < 1.29 is 8.42 Å². The summed E-state index contributed by atoms with van der Waals surface area (Å²) in [6, 6.07) is 0.563. The second-order valence-electron chi connectivity index (χ2n) is 5.81. The first-order valence-corrected chi connectivity index (χ1v) is 10.1. The van der Waals surface area contributed by atoms with E-state index < -0.39 is 10.0 Å². The van der Waals surface area contributed by atoms with Gasteiger partial charge in [0.05, 0.1) is 11.4 Å². The molecule has 1 saturated heterocycles. The molecule has 1 aliphatic carbocycles. The third-order valence-corrected chi connectivity index (χ3v) is 6.79. The van der Waals surface area contributed by atoms with Crippen LogP contribution in [0.2, 0.25) is 0 Å². The van der Waals surface area contributed by atoms with Gasteiger partial charge in [-0.25, -0.2) is 13.1 Å². The van der Waals surface area contributed by atoms with Crippen molar-refractivity contribution in [2.75, 3.05) is 11.5 Å². The van der Waals surface area contributed by atoms with Gasteiger partial charge in [0, 0.05) is 24.4 Å². The van der Waals surface area contributed by atoms with E-state index in [1.165, 1.54) is 12.8 Å². The lowest BCUT2D eigenvalue weighted by Crippen LogP contribution is -2.39. The van der Waals surface area contributed by atoms with E-state index in [0.717, 1.165) is 24.3 Å². The van der Waals surface area contributed by atoms with Crippen LogP contribution in [0, 0.1) is 6.92 Å². The van der Waals surface area contributed by atoms with Crippen LogP contribution in [-0.2, 0) is 16.6 Å². The minimum atomic E-state index is -3.50. The van der Waals surface area contributed by atoms with E-state index in [2.05, 4.69) is 20.2 Å². The van der Waals surface area contributed by atoms with E-state index in [0.29, 0.717) is 28.9 Å². The molecule has 2 aliphatic rings. The molecule has 1 aromatic heterocycles. The highest BCUT2D eigenvalue weighted by molar-refractivity contribution is 7.99. The number of hydrogen-bond donors (Lipinski definition) is 3. The Morgan fingerprint density at radius 1 is 1.33 bits per heavy atom. The maximum atomic E-state index is 12.7. The van der Waals surface area contributed by atoms with Crippen LogP contribution in [0.3, 0.4) is 0 Å². The number of aryl methyl sites for hydroxylation is 1. The largest absolute Gasteiger partial charge is 0.308 e. The number of rotatable bonds is 6. The summed E-state index contributed by atoms with van der Waals surface area (Å²) in [5.41, 5.74) is 1.20. The van der Waals surface area contributed by atoms with Crippen molar-refractivity contribution in [3.05, 3.63) is 11.4 Å². The molecule has 0 amide bonds. The third kappa shape index (κ3) is 3.80. The lowest BCUT2D eigenvalue weighted by Gasteiger charge is -2.22. The van der Waals surface area contributed by atoms with Gasteiger partial charge in [0.15, 0.2) is 0 Å². The van der Waals surface area contributed by atoms with Crippen LogP contribution < -0.4 is 10.0 Å². The molecule has 1 aromatic rings. The van der Waals surface area contributed by atoms with Crippen molar-refractivity contribution in [3.8, 4) is 0 Å². The fraction of sp³-hybridized carbons (Fsp3) is 0.769.